The van der Waals surface area contributed by atoms with Crippen molar-refractivity contribution in [3.8, 4) is 5.75 Å². The molecule has 3 rings (SSSR count). The zero-order valence-corrected chi connectivity index (χ0v) is 15.9. The lowest BCUT2D eigenvalue weighted by Crippen LogP contribution is -2.36. The van der Waals surface area contributed by atoms with Crippen LogP contribution in [0.2, 0.25) is 0 Å². The highest BCUT2D eigenvalue weighted by atomic mass is 32.1. The van der Waals surface area contributed by atoms with Crippen molar-refractivity contribution in [3.63, 3.8) is 0 Å². The molecule has 0 bridgehead atoms. The molecule has 6 heteroatoms. The van der Waals surface area contributed by atoms with Gasteiger partial charge in [-0.05, 0) is 49.6 Å². The van der Waals surface area contributed by atoms with E-state index in [1.54, 1.807) is 31.4 Å². The number of hydrogen-bond donors (Lipinski definition) is 2. The molecule has 1 aromatic carbocycles. The number of nitrogens with one attached hydrogen (secondary N) is 2. The molecular formula is C20H24N2O3S. The van der Waals surface area contributed by atoms with E-state index >= 15 is 0 Å². The number of thiophene rings is 1. The van der Waals surface area contributed by atoms with Gasteiger partial charge in [-0.2, -0.15) is 0 Å². The fraction of sp³-hybridized carbons (Fsp3) is 0.400. The summed E-state index contributed by atoms with van der Waals surface area (Å²) >= 11 is 1.46. The summed E-state index contributed by atoms with van der Waals surface area (Å²) in [5.74, 6) is 0.607. The molecule has 5 nitrogen and oxygen atoms in total. The SMILES string of the molecule is CCc1cc(C(=O)c2ccc(OC)cc2)c(NC(=O)NC2CCCC2)s1. The molecule has 0 aliphatic heterocycles. The number of urea groups is 1. The quantitative estimate of drug-likeness (QED) is 0.728. The largest absolute Gasteiger partial charge is 0.497 e. The van der Waals surface area contributed by atoms with E-state index in [2.05, 4.69) is 10.6 Å². The summed E-state index contributed by atoms with van der Waals surface area (Å²) in [5.41, 5.74) is 1.11. The third-order valence-corrected chi connectivity index (χ3v) is 5.84. The van der Waals surface area contributed by atoms with Gasteiger partial charge in [0, 0.05) is 16.5 Å². The van der Waals surface area contributed by atoms with Crippen LogP contribution in [0.25, 0.3) is 0 Å². The Balaban J connectivity index is 1.78. The van der Waals surface area contributed by atoms with Crippen molar-refractivity contribution < 1.29 is 14.3 Å². The summed E-state index contributed by atoms with van der Waals surface area (Å²) in [7, 11) is 1.59. The van der Waals surface area contributed by atoms with Crippen molar-refractivity contribution in [3.05, 3.63) is 46.3 Å². The van der Waals surface area contributed by atoms with Gasteiger partial charge in [-0.1, -0.05) is 19.8 Å². The van der Waals surface area contributed by atoms with E-state index in [1.807, 2.05) is 13.0 Å². The molecule has 2 N–H and O–H groups in total. The van der Waals surface area contributed by atoms with Crippen LogP contribution in [0.5, 0.6) is 5.75 Å². The van der Waals surface area contributed by atoms with E-state index in [0.29, 0.717) is 21.9 Å². The monoisotopic (exact) mass is 372 g/mol. The molecule has 1 aliphatic rings. The molecule has 2 amide bonds. The van der Waals surface area contributed by atoms with Gasteiger partial charge in [0.2, 0.25) is 0 Å². The number of rotatable bonds is 6. The van der Waals surface area contributed by atoms with Crippen LogP contribution in [0.3, 0.4) is 0 Å². The molecule has 0 radical (unpaired) electrons. The number of ether oxygens (including phenoxy) is 1. The maximum absolute atomic E-state index is 12.9. The molecule has 1 saturated carbocycles. The standard InChI is InChI=1S/C20H24N2O3S/c1-3-16-12-17(18(23)13-8-10-15(25-2)11-9-13)19(26-16)22-20(24)21-14-6-4-5-7-14/h8-12,14H,3-7H2,1-2H3,(H2,21,22,24). The fourth-order valence-corrected chi connectivity index (χ4v) is 4.16. The van der Waals surface area contributed by atoms with Crippen LogP contribution in [-0.4, -0.2) is 25.0 Å². The van der Waals surface area contributed by atoms with E-state index < -0.39 is 0 Å². The Labute approximate surface area is 157 Å². The molecule has 0 spiro atoms. The number of amides is 2. The smallest absolute Gasteiger partial charge is 0.320 e. The topological polar surface area (TPSA) is 67.4 Å². The Morgan fingerprint density at radius 2 is 1.88 bits per heavy atom. The summed E-state index contributed by atoms with van der Waals surface area (Å²) < 4.78 is 5.14. The van der Waals surface area contributed by atoms with Crippen LogP contribution in [0.4, 0.5) is 9.80 Å². The zero-order chi connectivity index (χ0) is 18.5. The van der Waals surface area contributed by atoms with Gasteiger partial charge < -0.3 is 10.1 Å². The molecule has 0 unspecified atom stereocenters. The Morgan fingerprint density at radius 1 is 1.19 bits per heavy atom. The van der Waals surface area contributed by atoms with Crippen molar-refractivity contribution in [2.75, 3.05) is 12.4 Å². The van der Waals surface area contributed by atoms with Gasteiger partial charge in [-0.25, -0.2) is 4.79 Å². The minimum atomic E-state index is -0.231. The third-order valence-electron chi connectivity index (χ3n) is 4.65. The number of carbonyl (C=O) groups excluding carboxylic acids is 2. The van der Waals surface area contributed by atoms with Gasteiger partial charge in [-0.3, -0.25) is 10.1 Å². The molecule has 26 heavy (non-hydrogen) atoms. The number of methoxy groups -OCH3 is 1. The minimum absolute atomic E-state index is 0.0974. The summed E-state index contributed by atoms with van der Waals surface area (Å²) in [6.07, 6.45) is 5.18. The van der Waals surface area contributed by atoms with Crippen molar-refractivity contribution in [2.45, 2.75) is 45.1 Å². The molecular weight excluding hydrogens is 348 g/mol. The first-order valence-electron chi connectivity index (χ1n) is 8.99. The number of aryl methyl sites for hydroxylation is 1. The van der Waals surface area contributed by atoms with Gasteiger partial charge in [-0.15, -0.1) is 11.3 Å². The third kappa shape index (κ3) is 4.25. The Bertz CT molecular complexity index is 777. The predicted molar refractivity (Wildman–Crippen MR) is 105 cm³/mol. The van der Waals surface area contributed by atoms with Crippen LogP contribution < -0.4 is 15.4 Å². The van der Waals surface area contributed by atoms with Crippen LogP contribution in [0, 0.1) is 0 Å². The zero-order valence-electron chi connectivity index (χ0n) is 15.1. The first-order valence-corrected chi connectivity index (χ1v) is 9.81. The van der Waals surface area contributed by atoms with Gasteiger partial charge in [0.25, 0.3) is 0 Å². The number of ketones is 1. The predicted octanol–water partition coefficient (Wildman–Crippen LogP) is 4.61. The van der Waals surface area contributed by atoms with Crippen molar-refractivity contribution in [1.82, 2.24) is 5.32 Å². The summed E-state index contributed by atoms with van der Waals surface area (Å²) in [6, 6.07) is 8.90. The molecule has 1 aromatic heterocycles. The van der Waals surface area contributed by atoms with Crippen LogP contribution >= 0.6 is 11.3 Å². The second kappa shape index (κ2) is 8.36. The Hall–Kier alpha value is -2.34. The molecule has 138 valence electrons. The summed E-state index contributed by atoms with van der Waals surface area (Å²) in [6.45, 7) is 2.04. The van der Waals surface area contributed by atoms with Gasteiger partial charge >= 0.3 is 6.03 Å². The Morgan fingerprint density at radius 3 is 2.50 bits per heavy atom. The highest BCUT2D eigenvalue weighted by molar-refractivity contribution is 7.16. The lowest BCUT2D eigenvalue weighted by molar-refractivity contribution is 0.104. The lowest BCUT2D eigenvalue weighted by Gasteiger charge is -2.13. The minimum Gasteiger partial charge on any atom is -0.497 e. The average Bonchev–Trinajstić information content (AvgIpc) is 3.31. The van der Waals surface area contributed by atoms with E-state index in [9.17, 15) is 9.59 Å². The van der Waals surface area contributed by atoms with Gasteiger partial charge in [0.15, 0.2) is 5.78 Å². The normalized spacial score (nSPS) is 14.2. The molecule has 1 aliphatic carbocycles. The first kappa shape index (κ1) is 18.5. The summed E-state index contributed by atoms with van der Waals surface area (Å²) in [5, 5.41) is 6.50. The van der Waals surface area contributed by atoms with Crippen molar-refractivity contribution in [2.24, 2.45) is 0 Å². The number of benzene rings is 1. The number of carbonyl (C=O) groups is 2. The van der Waals surface area contributed by atoms with E-state index in [-0.39, 0.29) is 17.9 Å². The maximum atomic E-state index is 12.9. The highest BCUT2D eigenvalue weighted by Crippen LogP contribution is 2.31. The number of hydrogen-bond acceptors (Lipinski definition) is 4. The molecule has 1 fully saturated rings. The van der Waals surface area contributed by atoms with Gasteiger partial charge in [0.1, 0.15) is 10.8 Å². The van der Waals surface area contributed by atoms with Crippen molar-refractivity contribution in [1.29, 1.82) is 0 Å². The summed E-state index contributed by atoms with van der Waals surface area (Å²) in [4.78, 5) is 26.3. The van der Waals surface area contributed by atoms with E-state index in [0.717, 1.165) is 37.0 Å². The second-order valence-electron chi connectivity index (χ2n) is 6.45. The lowest BCUT2D eigenvalue weighted by atomic mass is 10.0. The molecule has 0 saturated heterocycles. The molecule has 1 heterocycles. The van der Waals surface area contributed by atoms with Gasteiger partial charge in [0.05, 0.1) is 12.7 Å². The maximum Gasteiger partial charge on any atom is 0.320 e. The second-order valence-corrected chi connectivity index (χ2v) is 7.58. The van der Waals surface area contributed by atoms with Crippen LogP contribution in [-0.2, 0) is 6.42 Å². The molecule has 2 aromatic rings. The van der Waals surface area contributed by atoms with E-state index in [1.165, 1.54) is 11.3 Å². The Kier molecular flexibility index (Phi) is 5.93. The molecule has 0 atom stereocenters. The fourth-order valence-electron chi connectivity index (χ4n) is 3.17. The van der Waals surface area contributed by atoms with Crippen molar-refractivity contribution >= 4 is 28.2 Å². The average molecular weight is 372 g/mol. The number of anilines is 1. The van der Waals surface area contributed by atoms with E-state index in [4.69, 9.17) is 4.74 Å². The highest BCUT2D eigenvalue weighted by Gasteiger charge is 2.21. The van der Waals surface area contributed by atoms with Crippen LogP contribution in [0.1, 0.15) is 53.4 Å². The van der Waals surface area contributed by atoms with Crippen LogP contribution in [0.15, 0.2) is 30.3 Å². The first-order chi connectivity index (χ1) is 12.6.